The van der Waals surface area contributed by atoms with Gasteiger partial charge in [0.05, 0.1) is 27.9 Å². The van der Waals surface area contributed by atoms with Crippen molar-refractivity contribution in [3.8, 4) is 5.75 Å². The molecule has 0 fully saturated rings. The number of fused-ring (bicyclic) bond motifs is 1. The monoisotopic (exact) mass is 399 g/mol. The quantitative estimate of drug-likeness (QED) is 0.284. The molecule has 2 N–H and O–H groups in total. The van der Waals surface area contributed by atoms with E-state index < -0.39 is 16.4 Å². The average Bonchev–Trinajstić information content (AvgIpc) is 2.98. The molecule has 0 saturated heterocycles. The van der Waals surface area contributed by atoms with Gasteiger partial charge in [-0.2, -0.15) is 5.10 Å². The minimum Gasteiger partial charge on any atom is -0.502 e. The van der Waals surface area contributed by atoms with Gasteiger partial charge in [0.15, 0.2) is 5.16 Å². The van der Waals surface area contributed by atoms with E-state index in [0.717, 1.165) is 11.0 Å². The predicted molar refractivity (Wildman–Crippen MR) is 107 cm³/mol. The second-order valence-electron chi connectivity index (χ2n) is 6.00. The number of carbonyl (C=O) groups excluding carboxylic acids is 1. The Balaban J connectivity index is 1.63. The van der Waals surface area contributed by atoms with Crippen LogP contribution in [0, 0.1) is 17.0 Å². The fourth-order valence-electron chi connectivity index (χ4n) is 2.61. The number of imidazole rings is 1. The zero-order chi connectivity index (χ0) is 20.3. The van der Waals surface area contributed by atoms with Crippen LogP contribution in [0.2, 0.25) is 0 Å². The van der Waals surface area contributed by atoms with Crippen LogP contribution in [-0.4, -0.2) is 37.5 Å². The molecule has 1 heterocycles. The molecule has 1 aromatic heterocycles. The number of phenolic OH excluding ortho intramolecular Hbond substituents is 1. The summed E-state index contributed by atoms with van der Waals surface area (Å²) >= 11 is 1.27. The van der Waals surface area contributed by atoms with E-state index >= 15 is 0 Å². The maximum absolute atomic E-state index is 12.0. The Morgan fingerprint density at radius 2 is 2.18 bits per heavy atom. The molecule has 10 heteroatoms. The second-order valence-corrected chi connectivity index (χ2v) is 6.95. The fraction of sp³-hybridized carbons (Fsp3) is 0.167. The molecule has 0 spiro atoms. The molecule has 9 nitrogen and oxygen atoms in total. The summed E-state index contributed by atoms with van der Waals surface area (Å²) in [7, 11) is 1.88. The summed E-state index contributed by atoms with van der Waals surface area (Å²) in [5.74, 6) is -0.772. The Morgan fingerprint density at radius 1 is 1.43 bits per heavy atom. The van der Waals surface area contributed by atoms with Crippen LogP contribution in [0.25, 0.3) is 11.0 Å². The summed E-state index contributed by atoms with van der Waals surface area (Å²) in [4.78, 5) is 26.7. The molecular weight excluding hydrogens is 382 g/mol. The largest absolute Gasteiger partial charge is 0.502 e. The van der Waals surface area contributed by atoms with Gasteiger partial charge in [-0.3, -0.25) is 14.9 Å². The first-order chi connectivity index (χ1) is 13.4. The van der Waals surface area contributed by atoms with Crippen molar-refractivity contribution < 1.29 is 14.8 Å². The number of hydrazone groups is 1. The van der Waals surface area contributed by atoms with Crippen LogP contribution >= 0.6 is 11.8 Å². The lowest BCUT2D eigenvalue weighted by Crippen LogP contribution is -2.19. The van der Waals surface area contributed by atoms with E-state index in [1.165, 1.54) is 30.1 Å². The molecule has 144 valence electrons. The zero-order valence-electron chi connectivity index (χ0n) is 15.1. The first kappa shape index (κ1) is 19.4. The number of hydrogen-bond donors (Lipinski definition) is 2. The minimum absolute atomic E-state index is 0.0917. The standard InChI is InChI=1S/C18H17N5O4S/c1-11-7-12(17(25)15(8-11)23(26)27)9-19-21-16(24)10-28-18-20-13-5-3-4-6-14(13)22(18)2/h3-9,25H,10H2,1-2H3,(H,21,24)/b19-9+. The number of carbonyl (C=O) groups is 1. The maximum atomic E-state index is 12.0. The van der Waals surface area contributed by atoms with E-state index in [-0.39, 0.29) is 17.2 Å². The number of amides is 1. The van der Waals surface area contributed by atoms with E-state index in [1.807, 2.05) is 35.9 Å². The van der Waals surface area contributed by atoms with Gasteiger partial charge in [-0.25, -0.2) is 10.4 Å². The molecule has 0 radical (unpaired) electrons. The Labute approximate surface area is 164 Å². The van der Waals surface area contributed by atoms with Crippen LogP contribution in [-0.2, 0) is 11.8 Å². The molecule has 0 bridgehead atoms. The minimum atomic E-state index is -0.675. The highest BCUT2D eigenvalue weighted by molar-refractivity contribution is 7.99. The van der Waals surface area contributed by atoms with Crippen LogP contribution < -0.4 is 5.43 Å². The average molecular weight is 399 g/mol. The van der Waals surface area contributed by atoms with E-state index in [0.29, 0.717) is 10.7 Å². The lowest BCUT2D eigenvalue weighted by molar-refractivity contribution is -0.385. The third-order valence-electron chi connectivity index (χ3n) is 3.93. The summed E-state index contributed by atoms with van der Waals surface area (Å²) in [5.41, 5.74) is 4.49. The van der Waals surface area contributed by atoms with Crippen molar-refractivity contribution in [2.45, 2.75) is 12.1 Å². The molecule has 0 unspecified atom stereocenters. The summed E-state index contributed by atoms with van der Waals surface area (Å²) in [5, 5.41) is 25.4. The molecule has 0 aliphatic carbocycles. The Morgan fingerprint density at radius 3 is 2.89 bits per heavy atom. The number of aromatic nitrogens is 2. The van der Waals surface area contributed by atoms with E-state index in [2.05, 4.69) is 15.5 Å². The number of nitro benzene ring substituents is 1. The van der Waals surface area contributed by atoms with Gasteiger partial charge in [0.1, 0.15) is 0 Å². The molecule has 0 saturated carbocycles. The number of phenols is 1. The fourth-order valence-corrected chi connectivity index (χ4v) is 3.39. The van der Waals surface area contributed by atoms with Gasteiger partial charge >= 0.3 is 5.69 Å². The SMILES string of the molecule is Cc1cc(/C=N/NC(=O)CSc2nc3ccccc3n2C)c(O)c([N+](=O)[O-])c1. The summed E-state index contributed by atoms with van der Waals surface area (Å²) in [6, 6.07) is 10.5. The Hall–Kier alpha value is -3.40. The van der Waals surface area contributed by atoms with Crippen molar-refractivity contribution in [1.82, 2.24) is 15.0 Å². The third kappa shape index (κ3) is 4.12. The van der Waals surface area contributed by atoms with Crippen LogP contribution in [0.1, 0.15) is 11.1 Å². The molecule has 3 rings (SSSR count). The van der Waals surface area contributed by atoms with E-state index in [9.17, 15) is 20.0 Å². The lowest BCUT2D eigenvalue weighted by atomic mass is 10.1. The molecule has 0 aliphatic heterocycles. The number of aryl methyl sites for hydroxylation is 2. The maximum Gasteiger partial charge on any atom is 0.311 e. The van der Waals surface area contributed by atoms with Crippen molar-refractivity contribution >= 4 is 40.6 Å². The molecule has 3 aromatic rings. The number of nitrogens with one attached hydrogen (secondary N) is 1. The Kier molecular flexibility index (Phi) is 5.59. The molecule has 0 aliphatic rings. The van der Waals surface area contributed by atoms with Crippen molar-refractivity contribution in [2.75, 3.05) is 5.75 Å². The van der Waals surface area contributed by atoms with Crippen molar-refractivity contribution in [3.05, 3.63) is 57.6 Å². The molecule has 2 aromatic carbocycles. The van der Waals surface area contributed by atoms with Gasteiger partial charge in [-0.15, -0.1) is 0 Å². The summed E-state index contributed by atoms with van der Waals surface area (Å²) in [6.07, 6.45) is 1.17. The van der Waals surface area contributed by atoms with E-state index in [1.54, 1.807) is 6.92 Å². The Bertz CT molecular complexity index is 1090. The van der Waals surface area contributed by atoms with Crippen molar-refractivity contribution in [2.24, 2.45) is 12.1 Å². The first-order valence-corrected chi connectivity index (χ1v) is 9.19. The van der Waals surface area contributed by atoms with Gasteiger partial charge in [-0.1, -0.05) is 23.9 Å². The van der Waals surface area contributed by atoms with Crippen LogP contribution in [0.4, 0.5) is 5.69 Å². The lowest BCUT2D eigenvalue weighted by Gasteiger charge is -2.03. The zero-order valence-corrected chi connectivity index (χ0v) is 15.9. The topological polar surface area (TPSA) is 123 Å². The van der Waals surface area contributed by atoms with Gasteiger partial charge < -0.3 is 9.67 Å². The molecule has 0 atom stereocenters. The predicted octanol–water partition coefficient (Wildman–Crippen LogP) is 2.74. The van der Waals surface area contributed by atoms with Gasteiger partial charge in [0.25, 0.3) is 5.91 Å². The number of hydrogen-bond acceptors (Lipinski definition) is 7. The van der Waals surface area contributed by atoms with Crippen LogP contribution in [0.5, 0.6) is 5.75 Å². The number of para-hydroxylation sites is 2. The number of thioether (sulfide) groups is 1. The first-order valence-electron chi connectivity index (χ1n) is 8.21. The van der Waals surface area contributed by atoms with Crippen LogP contribution in [0.15, 0.2) is 46.7 Å². The molecule has 1 amide bonds. The summed E-state index contributed by atoms with van der Waals surface area (Å²) < 4.78 is 1.90. The summed E-state index contributed by atoms with van der Waals surface area (Å²) in [6.45, 7) is 1.66. The van der Waals surface area contributed by atoms with Crippen LogP contribution in [0.3, 0.4) is 0 Å². The number of rotatable bonds is 6. The second kappa shape index (κ2) is 8.09. The van der Waals surface area contributed by atoms with Crippen molar-refractivity contribution in [1.29, 1.82) is 0 Å². The highest BCUT2D eigenvalue weighted by Crippen LogP contribution is 2.30. The van der Waals surface area contributed by atoms with Gasteiger partial charge in [-0.05, 0) is 30.7 Å². The van der Waals surface area contributed by atoms with Gasteiger partial charge in [0, 0.05) is 18.7 Å². The van der Waals surface area contributed by atoms with Crippen molar-refractivity contribution in [3.63, 3.8) is 0 Å². The molecular formula is C18H17N5O4S. The number of aromatic hydroxyl groups is 1. The normalized spacial score (nSPS) is 11.2. The highest BCUT2D eigenvalue weighted by atomic mass is 32.2. The van der Waals surface area contributed by atoms with Gasteiger partial charge in [0.2, 0.25) is 5.75 Å². The third-order valence-corrected chi connectivity index (χ3v) is 4.96. The smallest absolute Gasteiger partial charge is 0.311 e. The molecule has 28 heavy (non-hydrogen) atoms. The highest BCUT2D eigenvalue weighted by Gasteiger charge is 2.17. The number of nitrogens with zero attached hydrogens (tertiary/aromatic N) is 4. The number of benzene rings is 2. The number of nitro groups is 1. The van der Waals surface area contributed by atoms with E-state index in [4.69, 9.17) is 0 Å².